The molecule has 0 spiro atoms. The number of aliphatic hydroxyl groups excluding tert-OH is 1. The van der Waals surface area contributed by atoms with E-state index in [1.807, 2.05) is 0 Å². The number of carbonyl (C=O) groups excluding carboxylic acids is 4. The summed E-state index contributed by atoms with van der Waals surface area (Å²) < 4.78 is 68.5. The number of carbonyl (C=O) groups is 4. The Morgan fingerprint density at radius 3 is 0.740 bits per heavy atom. The molecule has 0 aliphatic rings. The molecule has 19 heteroatoms. The predicted octanol–water partition coefficient (Wildman–Crippen LogP) is 22.4. The van der Waals surface area contributed by atoms with Gasteiger partial charge >= 0.3 is 39.5 Å². The molecule has 0 aromatic carbocycles. The minimum Gasteiger partial charge on any atom is -0.462 e. The van der Waals surface area contributed by atoms with Crippen molar-refractivity contribution >= 4 is 39.5 Å². The molecule has 3 N–H and O–H groups in total. The van der Waals surface area contributed by atoms with E-state index >= 15 is 0 Å². The summed E-state index contributed by atoms with van der Waals surface area (Å²) >= 11 is 0. The molecule has 0 fully saturated rings. The maximum atomic E-state index is 13.1. The molecule has 0 aromatic heterocycles. The third-order valence-corrected chi connectivity index (χ3v) is 20.8. The molecule has 0 rings (SSSR count). The number of phosphoric acid groups is 2. The molecule has 8 atom stereocenters. The molecule has 0 amide bonds. The summed E-state index contributed by atoms with van der Waals surface area (Å²) in [7, 11) is -9.91. The van der Waals surface area contributed by atoms with Crippen molar-refractivity contribution in [2.24, 2.45) is 23.7 Å². The Kier molecular flexibility index (Phi) is 65.0. The van der Waals surface area contributed by atoms with Gasteiger partial charge in [-0.1, -0.05) is 338 Å². The van der Waals surface area contributed by atoms with Gasteiger partial charge in [0.05, 0.1) is 26.4 Å². The highest BCUT2D eigenvalue weighted by molar-refractivity contribution is 7.47. The number of phosphoric ester groups is 2. The maximum Gasteiger partial charge on any atom is 0.472 e. The predicted molar refractivity (Wildman–Crippen MR) is 391 cm³/mol. The van der Waals surface area contributed by atoms with Gasteiger partial charge in [-0.25, -0.2) is 9.13 Å². The van der Waals surface area contributed by atoms with Gasteiger partial charge < -0.3 is 33.8 Å². The summed E-state index contributed by atoms with van der Waals surface area (Å²) in [5.74, 6) is 0.968. The minimum absolute atomic E-state index is 0.103. The fourth-order valence-corrected chi connectivity index (χ4v) is 13.2. The molecule has 0 aliphatic carbocycles. The summed E-state index contributed by atoms with van der Waals surface area (Å²) in [4.78, 5) is 72.8. The highest BCUT2D eigenvalue weighted by Gasteiger charge is 2.30. The first-order chi connectivity index (χ1) is 46.2. The topological polar surface area (TPSA) is 237 Å². The molecule has 0 heterocycles. The van der Waals surface area contributed by atoms with E-state index < -0.39 is 97.5 Å². The summed E-state index contributed by atoms with van der Waals surface area (Å²) in [5.41, 5.74) is 0. The zero-order valence-corrected chi connectivity index (χ0v) is 64.8. The fourth-order valence-electron chi connectivity index (χ4n) is 11.6. The standard InChI is InChI=1S/C77H150O17P2/c1-9-68(6)54-46-38-30-26-22-18-16-14-12-13-15-17-19-23-28-32-43-51-59-76(81)93-72(64-88-75(80)58-50-42-35-33-39-47-55-69(7)10-2)65-91-95(83,84)89-61-71(78)62-90-96(85,86)92-66-73(94-77(82)60-52-44-36-34-40-48-56-70(8)11-3)63-87-74(79)57-49-41-31-27-24-20-21-25-29-37-45-53-67(4)5/h67-73,78H,9-66H2,1-8H3,(H,83,84)(H,85,86)/t68?,69?,70?,71-,72+,73+/m0/s1. The van der Waals surface area contributed by atoms with Crippen LogP contribution >= 0.6 is 15.6 Å². The molecule has 0 radical (unpaired) electrons. The Labute approximate surface area is 588 Å². The van der Waals surface area contributed by atoms with Crippen LogP contribution in [0.4, 0.5) is 0 Å². The first-order valence-corrected chi connectivity index (χ1v) is 42.8. The largest absolute Gasteiger partial charge is 0.472 e. The van der Waals surface area contributed by atoms with E-state index in [-0.39, 0.29) is 25.7 Å². The Morgan fingerprint density at radius 1 is 0.292 bits per heavy atom. The van der Waals surface area contributed by atoms with Crippen molar-refractivity contribution in [1.82, 2.24) is 0 Å². The van der Waals surface area contributed by atoms with Crippen LogP contribution < -0.4 is 0 Å². The zero-order chi connectivity index (χ0) is 71.0. The zero-order valence-electron chi connectivity index (χ0n) is 63.0. The van der Waals surface area contributed by atoms with Gasteiger partial charge in [0.25, 0.3) is 0 Å². The highest BCUT2D eigenvalue weighted by Crippen LogP contribution is 2.45. The van der Waals surface area contributed by atoms with Crippen LogP contribution in [0.25, 0.3) is 0 Å². The lowest BCUT2D eigenvalue weighted by Crippen LogP contribution is -2.30. The van der Waals surface area contributed by atoms with E-state index in [2.05, 4.69) is 55.4 Å². The maximum absolute atomic E-state index is 13.1. The van der Waals surface area contributed by atoms with E-state index in [9.17, 15) is 43.2 Å². The lowest BCUT2D eigenvalue weighted by Gasteiger charge is -2.21. The molecule has 5 unspecified atom stereocenters. The van der Waals surface area contributed by atoms with E-state index in [1.165, 1.54) is 186 Å². The number of esters is 4. The van der Waals surface area contributed by atoms with Crippen molar-refractivity contribution in [2.75, 3.05) is 39.6 Å². The van der Waals surface area contributed by atoms with Gasteiger partial charge in [-0.3, -0.25) is 37.3 Å². The molecular weight excluding hydrogens is 1260 g/mol. The van der Waals surface area contributed by atoms with Crippen LogP contribution in [-0.4, -0.2) is 96.7 Å². The molecule has 96 heavy (non-hydrogen) atoms. The molecule has 0 aliphatic heterocycles. The number of unbranched alkanes of at least 4 members (excludes halogenated alkanes) is 37. The van der Waals surface area contributed by atoms with E-state index in [0.29, 0.717) is 25.7 Å². The summed E-state index contributed by atoms with van der Waals surface area (Å²) in [6.07, 6.45) is 51.5. The first kappa shape index (κ1) is 94.1. The van der Waals surface area contributed by atoms with Crippen LogP contribution in [0, 0.1) is 23.7 Å². The van der Waals surface area contributed by atoms with E-state index in [0.717, 1.165) is 120 Å². The number of hydrogen-bond donors (Lipinski definition) is 3. The van der Waals surface area contributed by atoms with Crippen molar-refractivity contribution in [1.29, 1.82) is 0 Å². The summed E-state index contributed by atoms with van der Waals surface area (Å²) in [6, 6.07) is 0. The molecule has 0 saturated heterocycles. The number of rotatable bonds is 74. The highest BCUT2D eigenvalue weighted by atomic mass is 31.2. The molecular formula is C77H150O17P2. The van der Waals surface area contributed by atoms with Crippen molar-refractivity contribution in [2.45, 2.75) is 408 Å². The smallest absolute Gasteiger partial charge is 0.462 e. The average Bonchev–Trinajstić information content (AvgIpc) is 1.20. The fraction of sp³-hybridized carbons (Fsp3) is 0.948. The van der Waals surface area contributed by atoms with E-state index in [1.54, 1.807) is 0 Å². The number of aliphatic hydroxyl groups is 1. The molecule has 0 bridgehead atoms. The van der Waals surface area contributed by atoms with Crippen LogP contribution in [0.5, 0.6) is 0 Å². The Balaban J connectivity index is 5.16. The lowest BCUT2D eigenvalue weighted by atomic mass is 9.99. The van der Waals surface area contributed by atoms with Crippen molar-refractivity contribution in [3.8, 4) is 0 Å². The van der Waals surface area contributed by atoms with Gasteiger partial charge in [0.2, 0.25) is 0 Å². The van der Waals surface area contributed by atoms with Crippen molar-refractivity contribution < 1.29 is 80.2 Å². The third-order valence-electron chi connectivity index (χ3n) is 18.9. The Hall–Kier alpha value is -1.94. The SMILES string of the molecule is CCC(C)CCCCCCCCCCCCCCCCCCCCC(=O)O[C@H](COC(=O)CCCCCCCCC(C)CC)COP(=O)(O)OC[C@H](O)COP(=O)(O)OC[C@@H](COC(=O)CCCCCCCCCCCCCC(C)C)OC(=O)CCCCCCCCC(C)CC. The van der Waals surface area contributed by atoms with Gasteiger partial charge in [-0.15, -0.1) is 0 Å². The van der Waals surface area contributed by atoms with Crippen LogP contribution in [0.2, 0.25) is 0 Å². The normalized spacial score (nSPS) is 15.0. The molecule has 0 aromatic rings. The van der Waals surface area contributed by atoms with Gasteiger partial charge in [0.1, 0.15) is 19.3 Å². The average molecular weight is 1410 g/mol. The number of ether oxygens (including phenoxy) is 4. The summed E-state index contributed by atoms with van der Waals surface area (Å²) in [5, 5.41) is 10.6. The Bertz CT molecular complexity index is 1890. The van der Waals surface area contributed by atoms with Crippen LogP contribution in [0.3, 0.4) is 0 Å². The van der Waals surface area contributed by atoms with Crippen LogP contribution in [0.15, 0.2) is 0 Å². The van der Waals surface area contributed by atoms with Gasteiger partial charge in [0, 0.05) is 25.7 Å². The molecule has 570 valence electrons. The van der Waals surface area contributed by atoms with Crippen LogP contribution in [0.1, 0.15) is 389 Å². The minimum atomic E-state index is -4.96. The molecule has 17 nitrogen and oxygen atoms in total. The molecule has 0 saturated carbocycles. The third kappa shape index (κ3) is 66.6. The van der Waals surface area contributed by atoms with E-state index in [4.69, 9.17) is 37.0 Å². The Morgan fingerprint density at radius 2 is 0.500 bits per heavy atom. The van der Waals surface area contributed by atoms with Crippen molar-refractivity contribution in [3.63, 3.8) is 0 Å². The van der Waals surface area contributed by atoms with Gasteiger partial charge in [-0.2, -0.15) is 0 Å². The van der Waals surface area contributed by atoms with Crippen molar-refractivity contribution in [3.05, 3.63) is 0 Å². The van der Waals surface area contributed by atoms with Crippen LogP contribution in [-0.2, 0) is 65.4 Å². The van der Waals surface area contributed by atoms with Gasteiger partial charge in [-0.05, 0) is 49.4 Å². The second-order valence-corrected chi connectivity index (χ2v) is 31.9. The lowest BCUT2D eigenvalue weighted by molar-refractivity contribution is -0.161. The first-order valence-electron chi connectivity index (χ1n) is 39.8. The summed E-state index contributed by atoms with van der Waals surface area (Å²) in [6.45, 7) is 14.2. The monoisotopic (exact) mass is 1410 g/mol. The quantitative estimate of drug-likeness (QED) is 0.0222. The van der Waals surface area contributed by atoms with Gasteiger partial charge in [0.15, 0.2) is 12.2 Å². The second-order valence-electron chi connectivity index (χ2n) is 28.9. The number of hydrogen-bond acceptors (Lipinski definition) is 15. The second kappa shape index (κ2) is 66.3.